The Morgan fingerprint density at radius 3 is 2.10 bits per heavy atom. The Labute approximate surface area is 283 Å². The van der Waals surface area contributed by atoms with Gasteiger partial charge in [-0.05, 0) is 25.3 Å². The Morgan fingerprint density at radius 1 is 1.02 bits per heavy atom. The molecule has 1 aromatic heterocycles. The van der Waals surface area contributed by atoms with Gasteiger partial charge >= 0.3 is 23.9 Å². The van der Waals surface area contributed by atoms with E-state index in [0.717, 1.165) is 5.56 Å². The van der Waals surface area contributed by atoms with Crippen LogP contribution in [0.2, 0.25) is 0 Å². The van der Waals surface area contributed by atoms with Gasteiger partial charge in [-0.1, -0.05) is 58.0 Å². The molecule has 3 N–H and O–H groups in total. The van der Waals surface area contributed by atoms with Crippen LogP contribution in [0.15, 0.2) is 68.9 Å². The minimum absolute atomic E-state index is 0.0501. The highest BCUT2D eigenvalue weighted by Crippen LogP contribution is 2.29. The van der Waals surface area contributed by atoms with Crippen LogP contribution in [-0.4, -0.2) is 66.5 Å². The van der Waals surface area contributed by atoms with E-state index < -0.39 is 17.8 Å². The molecule has 1 saturated heterocycles. The number of amides is 1. The zero-order valence-electron chi connectivity index (χ0n) is 28.8. The molecule has 0 aliphatic carbocycles. The number of benzene rings is 1. The van der Waals surface area contributed by atoms with Crippen LogP contribution in [-0.2, 0) is 39.8 Å². The molecule has 48 heavy (non-hydrogen) atoms. The van der Waals surface area contributed by atoms with Crippen molar-refractivity contribution in [2.75, 3.05) is 20.5 Å². The standard InChI is InChI=1S/C15H18O4.C12H16N2O5.C4H8O2.2C2H4/c1-11-9-13(10-12-5-3-2-4-6-12)15(17)18-8-7-14(16)19-11;1-7(2)12(16)19-6-18-10-8(17-3)4-5-14-9(10)11(13)15;1-3(2)4(5)6;2*1-2/h2-6,11,13H,7-10H2,1H3;4-5,7H,6H2,1-3H3,(H2,13,15);3H,1-2H3,(H,5,6);2*1-2H2/t11-,13-;;;;/m0..../s1. The van der Waals surface area contributed by atoms with Crippen LogP contribution < -0.4 is 15.2 Å². The Morgan fingerprint density at radius 2 is 1.60 bits per heavy atom. The first kappa shape index (κ1) is 44.9. The van der Waals surface area contributed by atoms with E-state index in [4.69, 9.17) is 34.5 Å². The van der Waals surface area contributed by atoms with E-state index in [-0.39, 0.29) is 72.8 Å². The van der Waals surface area contributed by atoms with Crippen molar-refractivity contribution in [3.8, 4) is 11.5 Å². The summed E-state index contributed by atoms with van der Waals surface area (Å²) < 4.78 is 25.4. The minimum atomic E-state index is -0.760. The van der Waals surface area contributed by atoms with Crippen molar-refractivity contribution in [1.29, 1.82) is 0 Å². The number of carbonyl (C=O) groups is 5. The number of aromatic nitrogens is 1. The summed E-state index contributed by atoms with van der Waals surface area (Å²) in [4.78, 5) is 59.3. The van der Waals surface area contributed by atoms with Gasteiger partial charge in [-0.25, -0.2) is 4.98 Å². The SMILES string of the molecule is C=C.C=C.CC(C)C(=O)O.COc1ccnc(C(N)=O)c1OCOC(=O)C(C)C.C[C@H]1C[C@@H](Cc2ccccc2)C(=O)OCCC(=O)O1. The molecule has 1 aliphatic rings. The van der Waals surface area contributed by atoms with Crippen LogP contribution >= 0.6 is 0 Å². The van der Waals surface area contributed by atoms with Gasteiger partial charge in [0.15, 0.2) is 17.2 Å². The lowest BCUT2D eigenvalue weighted by Gasteiger charge is -2.18. The van der Waals surface area contributed by atoms with Gasteiger partial charge in [-0.2, -0.15) is 0 Å². The molecule has 1 aliphatic heterocycles. The zero-order valence-corrected chi connectivity index (χ0v) is 28.8. The third-order valence-corrected chi connectivity index (χ3v) is 5.85. The number of nitrogens with two attached hydrogens (primary N) is 1. The number of carboxylic acids is 1. The number of aliphatic carboxylic acids is 1. The molecule has 1 amide bonds. The molecule has 3 rings (SSSR count). The maximum absolute atomic E-state index is 12.0. The topological polar surface area (TPSA) is 191 Å². The Kier molecular flexibility index (Phi) is 24.3. The fourth-order valence-electron chi connectivity index (χ4n) is 3.47. The van der Waals surface area contributed by atoms with E-state index in [2.05, 4.69) is 31.3 Å². The molecule has 0 bridgehead atoms. The first-order valence-corrected chi connectivity index (χ1v) is 15.0. The Hall–Kier alpha value is -5.20. The molecular weight excluding hydrogens is 624 g/mol. The number of nitrogens with zero attached hydrogens (tertiary/aromatic N) is 1. The van der Waals surface area contributed by atoms with Crippen molar-refractivity contribution in [2.45, 2.75) is 60.0 Å². The molecule has 2 aromatic rings. The summed E-state index contributed by atoms with van der Waals surface area (Å²) in [6.07, 6.45) is 2.35. The van der Waals surface area contributed by atoms with Crippen LogP contribution in [0.1, 0.15) is 63.5 Å². The monoisotopic (exact) mass is 674 g/mol. The summed E-state index contributed by atoms with van der Waals surface area (Å²) >= 11 is 0. The van der Waals surface area contributed by atoms with Gasteiger partial charge in [0, 0.05) is 12.3 Å². The minimum Gasteiger partial charge on any atom is -0.493 e. The van der Waals surface area contributed by atoms with E-state index >= 15 is 0 Å². The van der Waals surface area contributed by atoms with Crippen molar-refractivity contribution in [1.82, 2.24) is 4.98 Å². The van der Waals surface area contributed by atoms with Crippen molar-refractivity contribution in [3.05, 3.63) is 80.2 Å². The van der Waals surface area contributed by atoms with Gasteiger partial charge < -0.3 is 34.5 Å². The molecule has 13 heteroatoms. The molecule has 0 saturated carbocycles. The lowest BCUT2D eigenvalue weighted by Crippen LogP contribution is -2.24. The number of ether oxygens (including phenoxy) is 5. The summed E-state index contributed by atoms with van der Waals surface area (Å²) in [5, 5.41) is 7.99. The van der Waals surface area contributed by atoms with Gasteiger partial charge in [0.25, 0.3) is 5.91 Å². The zero-order chi connectivity index (χ0) is 37.2. The van der Waals surface area contributed by atoms with Gasteiger partial charge in [0.1, 0.15) is 6.61 Å². The number of carboxylic acid groups (broad SMARTS) is 1. The second-order valence-electron chi connectivity index (χ2n) is 10.3. The van der Waals surface area contributed by atoms with Crippen molar-refractivity contribution >= 4 is 29.8 Å². The van der Waals surface area contributed by atoms with Crippen molar-refractivity contribution in [3.63, 3.8) is 0 Å². The Bertz CT molecular complexity index is 1260. The van der Waals surface area contributed by atoms with Crippen LogP contribution in [0.3, 0.4) is 0 Å². The second kappa shape index (κ2) is 25.9. The van der Waals surface area contributed by atoms with Crippen LogP contribution in [0.5, 0.6) is 11.5 Å². The summed E-state index contributed by atoms with van der Waals surface area (Å²) in [5.74, 6) is -2.89. The first-order chi connectivity index (χ1) is 22.8. The highest BCUT2D eigenvalue weighted by Gasteiger charge is 2.27. The van der Waals surface area contributed by atoms with Gasteiger partial charge in [-0.3, -0.25) is 24.0 Å². The lowest BCUT2D eigenvalue weighted by atomic mass is 9.94. The number of primary amides is 1. The Balaban J connectivity index is 0. The van der Waals surface area contributed by atoms with E-state index in [0.29, 0.717) is 12.8 Å². The second-order valence-corrected chi connectivity index (χ2v) is 10.3. The number of rotatable bonds is 9. The number of cyclic esters (lactones) is 2. The average molecular weight is 675 g/mol. The third-order valence-electron chi connectivity index (χ3n) is 5.85. The van der Waals surface area contributed by atoms with Crippen LogP contribution in [0.25, 0.3) is 0 Å². The lowest BCUT2D eigenvalue weighted by molar-refractivity contribution is -0.154. The molecule has 1 aromatic carbocycles. The number of methoxy groups -OCH3 is 1. The summed E-state index contributed by atoms with van der Waals surface area (Å²) in [7, 11) is 1.41. The number of carbonyl (C=O) groups excluding carboxylic acids is 4. The smallest absolute Gasteiger partial charge is 0.311 e. The fourth-order valence-corrected chi connectivity index (χ4v) is 3.47. The van der Waals surface area contributed by atoms with Crippen LogP contribution in [0, 0.1) is 17.8 Å². The van der Waals surface area contributed by atoms with E-state index in [9.17, 15) is 24.0 Å². The molecule has 2 atom stereocenters. The first-order valence-electron chi connectivity index (χ1n) is 15.0. The largest absolute Gasteiger partial charge is 0.493 e. The summed E-state index contributed by atoms with van der Waals surface area (Å²) in [6, 6.07) is 11.3. The van der Waals surface area contributed by atoms with Crippen molar-refractivity contribution in [2.24, 2.45) is 23.5 Å². The van der Waals surface area contributed by atoms with E-state index in [1.165, 1.54) is 19.4 Å². The van der Waals surface area contributed by atoms with E-state index in [1.54, 1.807) is 27.7 Å². The molecule has 1 fully saturated rings. The predicted molar refractivity (Wildman–Crippen MR) is 180 cm³/mol. The summed E-state index contributed by atoms with van der Waals surface area (Å²) in [5.41, 5.74) is 6.18. The summed E-state index contributed by atoms with van der Waals surface area (Å²) in [6.45, 7) is 20.2. The number of hydrogen-bond donors (Lipinski definition) is 2. The third kappa shape index (κ3) is 18.7. The number of pyridine rings is 1. The maximum atomic E-state index is 12.0. The van der Waals surface area contributed by atoms with Gasteiger partial charge in [0.2, 0.25) is 6.79 Å². The molecule has 2 heterocycles. The van der Waals surface area contributed by atoms with Crippen molar-refractivity contribution < 1.29 is 52.8 Å². The predicted octanol–water partition coefficient (Wildman–Crippen LogP) is 5.17. The highest BCUT2D eigenvalue weighted by molar-refractivity contribution is 5.94. The van der Waals surface area contributed by atoms with Gasteiger partial charge in [0.05, 0.1) is 37.4 Å². The molecule has 0 radical (unpaired) electrons. The molecular formula is C35H50N2O11. The van der Waals surface area contributed by atoms with E-state index in [1.807, 2.05) is 37.3 Å². The molecule has 0 spiro atoms. The molecule has 13 nitrogen and oxygen atoms in total. The normalized spacial score (nSPS) is 15.1. The number of esters is 3. The molecule has 0 unspecified atom stereocenters. The highest BCUT2D eigenvalue weighted by atomic mass is 16.7. The molecule has 266 valence electrons. The number of hydrogen-bond acceptors (Lipinski definition) is 11. The van der Waals surface area contributed by atoms with Crippen LogP contribution in [0.4, 0.5) is 0 Å². The van der Waals surface area contributed by atoms with Gasteiger partial charge in [-0.15, -0.1) is 26.3 Å². The quantitative estimate of drug-likeness (QED) is 0.154. The fraction of sp³-hybridized carbons (Fsp3) is 0.429. The maximum Gasteiger partial charge on any atom is 0.311 e. The average Bonchev–Trinajstić information content (AvgIpc) is 3.12.